The largest absolute Gasteiger partial charge is 0.390 e. The summed E-state index contributed by atoms with van der Waals surface area (Å²) in [6, 6.07) is 30.0. The minimum atomic E-state index is -0.766. The van der Waals surface area contributed by atoms with Crippen LogP contribution in [0, 0.1) is 5.92 Å². The van der Waals surface area contributed by atoms with Crippen LogP contribution in [0.3, 0.4) is 0 Å². The number of aliphatic hydroxyl groups is 1. The molecule has 32 heavy (non-hydrogen) atoms. The minimum Gasteiger partial charge on any atom is -0.390 e. The first-order valence-corrected chi connectivity index (χ1v) is 11.0. The van der Waals surface area contributed by atoms with Crippen molar-refractivity contribution in [2.45, 2.75) is 44.2 Å². The summed E-state index contributed by atoms with van der Waals surface area (Å²) in [5.41, 5.74) is 3.18. The molecule has 1 fully saturated rings. The molecule has 3 aromatic carbocycles. The Morgan fingerprint density at radius 2 is 0.969 bits per heavy atom. The Balaban J connectivity index is 1.52. The van der Waals surface area contributed by atoms with Crippen LogP contribution in [0.1, 0.15) is 16.7 Å². The van der Waals surface area contributed by atoms with Gasteiger partial charge in [-0.25, -0.2) is 0 Å². The van der Waals surface area contributed by atoms with E-state index in [1.165, 1.54) is 0 Å². The van der Waals surface area contributed by atoms with Crippen molar-refractivity contribution in [2.75, 3.05) is 0 Å². The fourth-order valence-electron chi connectivity index (χ4n) is 4.18. The quantitative estimate of drug-likeness (QED) is 0.464. The van der Waals surface area contributed by atoms with E-state index in [9.17, 15) is 5.11 Å². The lowest BCUT2D eigenvalue weighted by atomic mass is 10.0. The smallest absolute Gasteiger partial charge is 0.113 e. The Bertz CT molecular complexity index is 945. The molecule has 0 spiro atoms. The molecular weight excluding hydrogens is 400 g/mol. The predicted octanol–water partition coefficient (Wildman–Crippen LogP) is 4.92. The summed E-state index contributed by atoms with van der Waals surface area (Å²) in [4.78, 5) is 0. The van der Waals surface area contributed by atoms with Gasteiger partial charge in [0.15, 0.2) is 0 Å². The lowest BCUT2D eigenvalue weighted by molar-refractivity contribution is -0.134. The van der Waals surface area contributed by atoms with E-state index in [2.05, 4.69) is 6.58 Å². The summed E-state index contributed by atoms with van der Waals surface area (Å²) in [5.74, 6) is -0.291. The standard InChI is InChI=1S/C28H30O4/c1-2-24-25(29)27(31-19-22-14-8-4-9-15-22)28(32-20-23-16-10-5-11-17-23)26(24)30-18-21-12-6-3-7-13-21/h2-17,24-29H,1,18-20H2/t24-,25-,26+,27+,28-/m0/s1. The van der Waals surface area contributed by atoms with Gasteiger partial charge in [-0.1, -0.05) is 97.1 Å². The highest BCUT2D eigenvalue weighted by Gasteiger charge is 2.51. The van der Waals surface area contributed by atoms with Gasteiger partial charge < -0.3 is 19.3 Å². The molecule has 1 N–H and O–H groups in total. The normalized spacial score (nSPS) is 25.0. The molecular formula is C28H30O4. The number of hydrogen-bond donors (Lipinski definition) is 1. The molecule has 1 aliphatic carbocycles. The maximum Gasteiger partial charge on any atom is 0.113 e. The van der Waals surface area contributed by atoms with E-state index in [0.29, 0.717) is 19.8 Å². The van der Waals surface area contributed by atoms with Gasteiger partial charge in [0.05, 0.1) is 32.0 Å². The topological polar surface area (TPSA) is 47.9 Å². The van der Waals surface area contributed by atoms with Crippen LogP contribution < -0.4 is 0 Å². The van der Waals surface area contributed by atoms with Gasteiger partial charge in [-0.2, -0.15) is 0 Å². The number of rotatable bonds is 10. The molecule has 1 saturated carbocycles. The summed E-state index contributed by atoms with van der Waals surface area (Å²) in [6.07, 6.45) is -0.335. The fourth-order valence-corrected chi connectivity index (χ4v) is 4.18. The monoisotopic (exact) mass is 430 g/mol. The second kappa shape index (κ2) is 11.2. The van der Waals surface area contributed by atoms with Gasteiger partial charge in [-0.15, -0.1) is 6.58 Å². The van der Waals surface area contributed by atoms with Crippen molar-refractivity contribution < 1.29 is 19.3 Å². The maximum absolute atomic E-state index is 11.1. The molecule has 0 heterocycles. The van der Waals surface area contributed by atoms with Crippen LogP contribution in [0.2, 0.25) is 0 Å². The van der Waals surface area contributed by atoms with Gasteiger partial charge in [-0.3, -0.25) is 0 Å². The Labute approximate surface area is 190 Å². The third-order valence-electron chi connectivity index (χ3n) is 5.89. The molecule has 0 radical (unpaired) electrons. The van der Waals surface area contributed by atoms with Gasteiger partial charge in [0.2, 0.25) is 0 Å². The van der Waals surface area contributed by atoms with Gasteiger partial charge in [0.25, 0.3) is 0 Å². The number of hydrogen-bond acceptors (Lipinski definition) is 4. The van der Waals surface area contributed by atoms with E-state index >= 15 is 0 Å². The van der Waals surface area contributed by atoms with E-state index in [4.69, 9.17) is 14.2 Å². The average Bonchev–Trinajstić information content (AvgIpc) is 3.11. The second-order valence-electron chi connectivity index (χ2n) is 8.09. The van der Waals surface area contributed by atoms with Gasteiger partial charge in [-0.05, 0) is 16.7 Å². The number of benzene rings is 3. The molecule has 1 aliphatic rings. The summed E-state index contributed by atoms with van der Waals surface area (Å²) < 4.78 is 18.9. The summed E-state index contributed by atoms with van der Waals surface area (Å²) in [6.45, 7) is 5.19. The van der Waals surface area contributed by atoms with Crippen LogP contribution in [-0.2, 0) is 34.0 Å². The molecule has 0 bridgehead atoms. The molecule has 5 atom stereocenters. The van der Waals surface area contributed by atoms with Crippen LogP contribution in [0.4, 0.5) is 0 Å². The first-order valence-electron chi connectivity index (χ1n) is 11.0. The van der Waals surface area contributed by atoms with Crippen LogP contribution in [0.5, 0.6) is 0 Å². The van der Waals surface area contributed by atoms with Gasteiger partial charge >= 0.3 is 0 Å². The van der Waals surface area contributed by atoms with Crippen molar-refractivity contribution in [1.29, 1.82) is 0 Å². The second-order valence-corrected chi connectivity index (χ2v) is 8.09. The van der Waals surface area contributed by atoms with Crippen LogP contribution in [-0.4, -0.2) is 29.5 Å². The first kappa shape index (κ1) is 22.4. The predicted molar refractivity (Wildman–Crippen MR) is 125 cm³/mol. The van der Waals surface area contributed by atoms with Gasteiger partial charge in [0.1, 0.15) is 12.2 Å². The lowest BCUT2D eigenvalue weighted by Crippen LogP contribution is -2.38. The Morgan fingerprint density at radius 3 is 1.38 bits per heavy atom. The SMILES string of the molecule is C=C[C@H]1[C@H](O)[C@@H](OCc2ccccc2)[C@@H](OCc2ccccc2)[C@@H]1OCc1ccccc1. The molecule has 3 aromatic rings. The van der Waals surface area contributed by atoms with E-state index in [0.717, 1.165) is 16.7 Å². The van der Waals surface area contributed by atoms with Crippen molar-refractivity contribution in [2.24, 2.45) is 5.92 Å². The summed E-state index contributed by atoms with van der Waals surface area (Å²) in [5, 5.41) is 11.1. The molecule has 4 heteroatoms. The van der Waals surface area contributed by atoms with Crippen LogP contribution in [0.25, 0.3) is 0 Å². The van der Waals surface area contributed by atoms with Gasteiger partial charge in [0, 0.05) is 5.92 Å². The molecule has 0 aromatic heterocycles. The molecule has 4 nitrogen and oxygen atoms in total. The molecule has 166 valence electrons. The highest BCUT2D eigenvalue weighted by atomic mass is 16.6. The highest BCUT2D eigenvalue weighted by Crippen LogP contribution is 2.36. The first-order chi connectivity index (χ1) is 15.8. The zero-order chi connectivity index (χ0) is 22.2. The zero-order valence-corrected chi connectivity index (χ0v) is 18.1. The van der Waals surface area contributed by atoms with Crippen LogP contribution >= 0.6 is 0 Å². The fraction of sp³-hybridized carbons (Fsp3) is 0.286. The lowest BCUT2D eigenvalue weighted by Gasteiger charge is -2.26. The number of aliphatic hydroxyl groups excluding tert-OH is 1. The van der Waals surface area contributed by atoms with E-state index in [-0.39, 0.29) is 12.0 Å². The van der Waals surface area contributed by atoms with E-state index < -0.39 is 18.3 Å². The minimum absolute atomic E-state index is 0.291. The third-order valence-corrected chi connectivity index (χ3v) is 5.89. The van der Waals surface area contributed by atoms with Crippen molar-refractivity contribution >= 4 is 0 Å². The van der Waals surface area contributed by atoms with Crippen molar-refractivity contribution in [1.82, 2.24) is 0 Å². The third kappa shape index (κ3) is 5.53. The maximum atomic E-state index is 11.1. The molecule has 0 saturated heterocycles. The average molecular weight is 431 g/mol. The van der Waals surface area contributed by atoms with Crippen molar-refractivity contribution in [3.05, 3.63) is 120 Å². The molecule has 0 unspecified atom stereocenters. The van der Waals surface area contributed by atoms with Crippen molar-refractivity contribution in [3.63, 3.8) is 0 Å². The van der Waals surface area contributed by atoms with E-state index in [1.54, 1.807) is 6.08 Å². The molecule has 0 aliphatic heterocycles. The Kier molecular flexibility index (Phi) is 7.86. The van der Waals surface area contributed by atoms with Crippen molar-refractivity contribution in [3.8, 4) is 0 Å². The number of ether oxygens (including phenoxy) is 3. The van der Waals surface area contributed by atoms with E-state index in [1.807, 2.05) is 91.0 Å². The molecule has 4 rings (SSSR count). The highest BCUT2D eigenvalue weighted by molar-refractivity contribution is 5.17. The summed E-state index contributed by atoms with van der Waals surface area (Å²) >= 11 is 0. The Hall–Kier alpha value is -2.76. The zero-order valence-electron chi connectivity index (χ0n) is 18.1. The molecule has 0 amide bonds. The van der Waals surface area contributed by atoms with Crippen LogP contribution in [0.15, 0.2) is 104 Å². The Morgan fingerprint density at radius 1 is 0.594 bits per heavy atom. The summed E-state index contributed by atoms with van der Waals surface area (Å²) in [7, 11) is 0.